The van der Waals surface area contributed by atoms with Crippen LogP contribution in [0.2, 0.25) is 5.02 Å². The Morgan fingerprint density at radius 2 is 2.00 bits per heavy atom. The smallest absolute Gasteiger partial charge is 0.151 e. The number of aromatic nitrogens is 2. The number of hydrogen-bond donors (Lipinski definition) is 0. The molecule has 1 aliphatic carbocycles. The molecule has 1 heterocycles. The highest BCUT2D eigenvalue weighted by molar-refractivity contribution is 6.32. The molecule has 104 valence electrons. The Labute approximate surface area is 122 Å². The zero-order chi connectivity index (χ0) is 13.9. The summed E-state index contributed by atoms with van der Waals surface area (Å²) < 4.78 is 13.0. The van der Waals surface area contributed by atoms with Crippen molar-refractivity contribution >= 4 is 17.4 Å². The van der Waals surface area contributed by atoms with Crippen molar-refractivity contribution in [2.75, 3.05) is 11.4 Å². The molecule has 20 heavy (non-hydrogen) atoms. The molecule has 0 unspecified atom stereocenters. The second-order valence-corrected chi connectivity index (χ2v) is 5.55. The standard InChI is InChI=1S/C15H15ClFN3/c16-14-7-18-10-19-15(14)20(8-11-1-2-11)9-12-3-5-13(17)6-4-12/h3-7,10-11H,1-2,8-9H2. The summed E-state index contributed by atoms with van der Waals surface area (Å²) in [5.74, 6) is 1.24. The largest absolute Gasteiger partial charge is 0.351 e. The molecule has 0 amide bonds. The van der Waals surface area contributed by atoms with E-state index in [4.69, 9.17) is 11.6 Å². The maximum absolute atomic E-state index is 13.0. The summed E-state index contributed by atoms with van der Waals surface area (Å²) >= 11 is 6.19. The molecule has 1 aromatic heterocycles. The van der Waals surface area contributed by atoms with E-state index in [1.807, 2.05) is 0 Å². The van der Waals surface area contributed by atoms with Gasteiger partial charge in [-0.3, -0.25) is 0 Å². The number of rotatable bonds is 5. The molecular weight excluding hydrogens is 277 g/mol. The van der Waals surface area contributed by atoms with Crippen LogP contribution < -0.4 is 4.90 Å². The van der Waals surface area contributed by atoms with Crippen molar-refractivity contribution in [2.45, 2.75) is 19.4 Å². The number of nitrogens with zero attached hydrogens (tertiary/aromatic N) is 3. The first kappa shape index (κ1) is 13.3. The van der Waals surface area contributed by atoms with Gasteiger partial charge in [-0.05, 0) is 36.5 Å². The van der Waals surface area contributed by atoms with Crippen LogP contribution in [0.3, 0.4) is 0 Å². The number of benzene rings is 1. The van der Waals surface area contributed by atoms with Gasteiger partial charge < -0.3 is 4.90 Å². The van der Waals surface area contributed by atoms with Crippen molar-refractivity contribution in [3.8, 4) is 0 Å². The van der Waals surface area contributed by atoms with E-state index in [2.05, 4.69) is 14.9 Å². The van der Waals surface area contributed by atoms with Gasteiger partial charge >= 0.3 is 0 Å². The van der Waals surface area contributed by atoms with Crippen molar-refractivity contribution in [3.05, 3.63) is 53.2 Å². The Morgan fingerprint density at radius 3 is 2.65 bits per heavy atom. The van der Waals surface area contributed by atoms with Gasteiger partial charge in [-0.25, -0.2) is 14.4 Å². The molecule has 3 nitrogen and oxygen atoms in total. The number of anilines is 1. The molecule has 0 aliphatic heterocycles. The Morgan fingerprint density at radius 1 is 1.25 bits per heavy atom. The van der Waals surface area contributed by atoms with Crippen LogP contribution in [-0.2, 0) is 6.54 Å². The van der Waals surface area contributed by atoms with Crippen molar-refractivity contribution < 1.29 is 4.39 Å². The third kappa shape index (κ3) is 3.25. The topological polar surface area (TPSA) is 29.0 Å². The molecule has 3 rings (SSSR count). The minimum absolute atomic E-state index is 0.220. The van der Waals surface area contributed by atoms with E-state index in [1.54, 1.807) is 18.3 Å². The molecule has 0 bridgehead atoms. The fourth-order valence-corrected chi connectivity index (χ4v) is 2.41. The highest BCUT2D eigenvalue weighted by Gasteiger charge is 2.26. The van der Waals surface area contributed by atoms with Crippen LogP contribution in [0, 0.1) is 11.7 Å². The van der Waals surface area contributed by atoms with Gasteiger partial charge in [0, 0.05) is 13.1 Å². The van der Waals surface area contributed by atoms with Crippen LogP contribution in [0.25, 0.3) is 0 Å². The van der Waals surface area contributed by atoms with Gasteiger partial charge in [0.15, 0.2) is 5.82 Å². The van der Waals surface area contributed by atoms with E-state index in [1.165, 1.54) is 31.3 Å². The van der Waals surface area contributed by atoms with E-state index in [0.29, 0.717) is 17.5 Å². The number of halogens is 2. The first-order valence-electron chi connectivity index (χ1n) is 6.67. The molecule has 1 aliphatic rings. The van der Waals surface area contributed by atoms with E-state index in [-0.39, 0.29) is 5.82 Å². The van der Waals surface area contributed by atoms with Crippen molar-refractivity contribution in [2.24, 2.45) is 5.92 Å². The quantitative estimate of drug-likeness (QED) is 0.841. The van der Waals surface area contributed by atoms with Crippen LogP contribution >= 0.6 is 11.6 Å². The summed E-state index contributed by atoms with van der Waals surface area (Å²) in [5, 5.41) is 0.551. The van der Waals surface area contributed by atoms with Gasteiger partial charge in [0.05, 0.1) is 6.20 Å². The van der Waals surface area contributed by atoms with Crippen LogP contribution in [0.5, 0.6) is 0 Å². The predicted octanol–water partition coefficient (Wildman–Crippen LogP) is 3.69. The Balaban J connectivity index is 1.82. The second-order valence-electron chi connectivity index (χ2n) is 5.14. The molecular formula is C15H15ClFN3. The lowest BCUT2D eigenvalue weighted by Crippen LogP contribution is -2.26. The van der Waals surface area contributed by atoms with E-state index in [9.17, 15) is 4.39 Å². The summed E-state index contributed by atoms with van der Waals surface area (Å²) in [6.07, 6.45) is 5.62. The first-order valence-corrected chi connectivity index (χ1v) is 7.05. The van der Waals surface area contributed by atoms with E-state index < -0.39 is 0 Å². The highest BCUT2D eigenvalue weighted by atomic mass is 35.5. The predicted molar refractivity (Wildman–Crippen MR) is 77.2 cm³/mol. The van der Waals surface area contributed by atoms with Crippen molar-refractivity contribution in [1.29, 1.82) is 0 Å². The molecule has 2 aromatic rings. The summed E-state index contributed by atoms with van der Waals surface area (Å²) in [6.45, 7) is 1.60. The highest BCUT2D eigenvalue weighted by Crippen LogP contribution is 2.33. The van der Waals surface area contributed by atoms with Gasteiger partial charge in [0.2, 0.25) is 0 Å². The normalized spacial score (nSPS) is 14.3. The lowest BCUT2D eigenvalue weighted by atomic mass is 10.2. The third-order valence-corrected chi connectivity index (χ3v) is 3.68. The fourth-order valence-electron chi connectivity index (χ4n) is 2.19. The Bertz CT molecular complexity index is 584. The summed E-state index contributed by atoms with van der Waals surface area (Å²) in [7, 11) is 0. The van der Waals surface area contributed by atoms with Gasteiger partial charge in [0.25, 0.3) is 0 Å². The Hall–Kier alpha value is -1.68. The summed E-state index contributed by atoms with van der Waals surface area (Å²) in [5.41, 5.74) is 1.04. The van der Waals surface area contributed by atoms with Crippen LogP contribution in [0.1, 0.15) is 18.4 Å². The molecule has 1 fully saturated rings. The molecule has 0 saturated heterocycles. The molecule has 1 aromatic carbocycles. The number of hydrogen-bond acceptors (Lipinski definition) is 3. The lowest BCUT2D eigenvalue weighted by molar-refractivity contribution is 0.626. The van der Waals surface area contributed by atoms with Crippen molar-refractivity contribution in [1.82, 2.24) is 9.97 Å². The van der Waals surface area contributed by atoms with E-state index in [0.717, 1.165) is 17.9 Å². The zero-order valence-electron chi connectivity index (χ0n) is 11.0. The van der Waals surface area contributed by atoms with Crippen LogP contribution in [0.4, 0.5) is 10.2 Å². The molecule has 0 spiro atoms. The first-order chi connectivity index (χ1) is 9.72. The van der Waals surface area contributed by atoms with Gasteiger partial charge in [-0.15, -0.1) is 0 Å². The zero-order valence-corrected chi connectivity index (χ0v) is 11.7. The summed E-state index contributed by atoms with van der Waals surface area (Å²) in [4.78, 5) is 10.4. The van der Waals surface area contributed by atoms with E-state index >= 15 is 0 Å². The maximum atomic E-state index is 13.0. The Kier molecular flexibility index (Phi) is 3.83. The van der Waals surface area contributed by atoms with Crippen LogP contribution in [0.15, 0.2) is 36.8 Å². The summed E-state index contributed by atoms with van der Waals surface area (Å²) in [6, 6.07) is 6.55. The van der Waals surface area contributed by atoms with Crippen LogP contribution in [-0.4, -0.2) is 16.5 Å². The molecule has 5 heteroatoms. The third-order valence-electron chi connectivity index (χ3n) is 3.41. The molecule has 0 radical (unpaired) electrons. The monoisotopic (exact) mass is 291 g/mol. The van der Waals surface area contributed by atoms with Gasteiger partial charge in [-0.2, -0.15) is 0 Å². The average Bonchev–Trinajstić information content (AvgIpc) is 3.25. The molecule has 1 saturated carbocycles. The van der Waals surface area contributed by atoms with Gasteiger partial charge in [0.1, 0.15) is 17.2 Å². The van der Waals surface area contributed by atoms with Crippen molar-refractivity contribution in [3.63, 3.8) is 0 Å². The lowest BCUT2D eigenvalue weighted by Gasteiger charge is -2.24. The average molecular weight is 292 g/mol. The second kappa shape index (κ2) is 5.75. The maximum Gasteiger partial charge on any atom is 0.151 e. The minimum Gasteiger partial charge on any atom is -0.351 e. The molecule has 0 N–H and O–H groups in total. The van der Waals surface area contributed by atoms with Gasteiger partial charge in [-0.1, -0.05) is 23.7 Å². The molecule has 0 atom stereocenters. The SMILES string of the molecule is Fc1ccc(CN(CC2CC2)c2ncncc2Cl)cc1. The fraction of sp³-hybridized carbons (Fsp3) is 0.333. The minimum atomic E-state index is -0.220.